The van der Waals surface area contributed by atoms with Crippen molar-refractivity contribution < 1.29 is 4.74 Å². The number of rotatable bonds is 0. The standard InChI is InChI=1S/C7H8ClN3O/c8-7-6(9)4-3-12-2-1-5(4)10-11-7/h1-3H2,(H2,9,10). The summed E-state index contributed by atoms with van der Waals surface area (Å²) >= 11 is 5.69. The molecule has 0 fully saturated rings. The van der Waals surface area contributed by atoms with E-state index in [0.29, 0.717) is 18.9 Å². The van der Waals surface area contributed by atoms with E-state index < -0.39 is 0 Å². The van der Waals surface area contributed by atoms with E-state index in [1.54, 1.807) is 0 Å². The van der Waals surface area contributed by atoms with Crippen molar-refractivity contribution in [3.05, 3.63) is 16.4 Å². The number of nitrogens with zero attached hydrogens (tertiary/aromatic N) is 2. The van der Waals surface area contributed by atoms with Crippen molar-refractivity contribution in [2.24, 2.45) is 0 Å². The van der Waals surface area contributed by atoms with Crippen molar-refractivity contribution in [3.63, 3.8) is 0 Å². The molecular formula is C7H8ClN3O. The van der Waals surface area contributed by atoms with Crippen LogP contribution in [-0.2, 0) is 17.8 Å². The summed E-state index contributed by atoms with van der Waals surface area (Å²) in [6, 6.07) is 0. The molecule has 0 spiro atoms. The van der Waals surface area contributed by atoms with E-state index in [1.807, 2.05) is 0 Å². The van der Waals surface area contributed by atoms with Gasteiger partial charge in [0, 0.05) is 12.0 Å². The van der Waals surface area contributed by atoms with Gasteiger partial charge >= 0.3 is 0 Å². The van der Waals surface area contributed by atoms with E-state index in [1.165, 1.54) is 0 Å². The van der Waals surface area contributed by atoms with E-state index >= 15 is 0 Å². The van der Waals surface area contributed by atoms with Crippen molar-refractivity contribution in [2.75, 3.05) is 12.3 Å². The maximum atomic E-state index is 5.69. The van der Waals surface area contributed by atoms with Gasteiger partial charge in [-0.25, -0.2) is 0 Å². The van der Waals surface area contributed by atoms with Gasteiger partial charge in [-0.2, -0.15) is 5.10 Å². The Bertz CT molecular complexity index is 316. The summed E-state index contributed by atoms with van der Waals surface area (Å²) in [6.07, 6.45) is 0.768. The molecule has 1 aromatic rings. The van der Waals surface area contributed by atoms with Crippen LogP contribution in [0.2, 0.25) is 5.15 Å². The number of hydrogen-bond donors (Lipinski definition) is 1. The van der Waals surface area contributed by atoms with Crippen molar-refractivity contribution in [1.82, 2.24) is 10.2 Å². The second-order valence-corrected chi connectivity index (χ2v) is 2.99. The van der Waals surface area contributed by atoms with Crippen LogP contribution in [0.25, 0.3) is 0 Å². The third-order valence-corrected chi connectivity index (χ3v) is 2.16. The zero-order chi connectivity index (χ0) is 8.55. The monoisotopic (exact) mass is 185 g/mol. The molecule has 4 nitrogen and oxygen atoms in total. The van der Waals surface area contributed by atoms with Gasteiger partial charge in [0.25, 0.3) is 0 Å². The van der Waals surface area contributed by atoms with Crippen molar-refractivity contribution in [1.29, 1.82) is 0 Å². The molecule has 1 aromatic heterocycles. The van der Waals surface area contributed by atoms with Crippen LogP contribution in [0.15, 0.2) is 0 Å². The average molecular weight is 186 g/mol. The fraction of sp³-hybridized carbons (Fsp3) is 0.429. The van der Waals surface area contributed by atoms with Crippen LogP contribution in [0.3, 0.4) is 0 Å². The lowest BCUT2D eigenvalue weighted by Crippen LogP contribution is -2.15. The van der Waals surface area contributed by atoms with Gasteiger partial charge in [0.05, 0.1) is 24.6 Å². The maximum absolute atomic E-state index is 5.69. The molecule has 64 valence electrons. The highest BCUT2D eigenvalue weighted by atomic mass is 35.5. The Morgan fingerprint density at radius 3 is 3.08 bits per heavy atom. The molecule has 0 atom stereocenters. The highest BCUT2D eigenvalue weighted by Crippen LogP contribution is 2.25. The molecule has 0 bridgehead atoms. The van der Waals surface area contributed by atoms with Crippen LogP contribution in [0.5, 0.6) is 0 Å². The van der Waals surface area contributed by atoms with E-state index in [4.69, 9.17) is 22.1 Å². The number of fused-ring (bicyclic) bond motifs is 1. The second-order valence-electron chi connectivity index (χ2n) is 2.63. The summed E-state index contributed by atoms with van der Waals surface area (Å²) in [5.41, 5.74) is 7.99. The zero-order valence-electron chi connectivity index (χ0n) is 6.38. The lowest BCUT2D eigenvalue weighted by atomic mass is 10.1. The van der Waals surface area contributed by atoms with Crippen molar-refractivity contribution in [3.8, 4) is 0 Å². The Labute approximate surface area is 74.7 Å². The minimum Gasteiger partial charge on any atom is -0.396 e. The highest BCUT2D eigenvalue weighted by Gasteiger charge is 2.16. The molecule has 0 unspecified atom stereocenters. The lowest BCUT2D eigenvalue weighted by molar-refractivity contribution is 0.109. The SMILES string of the molecule is Nc1c(Cl)nnc2c1COCC2. The van der Waals surface area contributed by atoms with Crippen molar-refractivity contribution >= 4 is 17.3 Å². The average Bonchev–Trinajstić information content (AvgIpc) is 2.12. The number of halogens is 1. The van der Waals surface area contributed by atoms with Gasteiger partial charge in [0.2, 0.25) is 0 Å². The van der Waals surface area contributed by atoms with Crippen LogP contribution in [0, 0.1) is 0 Å². The predicted octanol–water partition coefficient (Wildman–Crippen LogP) is 0.785. The molecule has 0 radical (unpaired) electrons. The van der Waals surface area contributed by atoms with Crippen LogP contribution in [0.1, 0.15) is 11.3 Å². The van der Waals surface area contributed by atoms with Gasteiger partial charge in [0.15, 0.2) is 5.15 Å². The zero-order valence-corrected chi connectivity index (χ0v) is 7.14. The Kier molecular flexibility index (Phi) is 1.86. The van der Waals surface area contributed by atoms with Crippen LogP contribution >= 0.6 is 11.6 Å². The molecule has 2 rings (SSSR count). The molecule has 1 aliphatic heterocycles. The van der Waals surface area contributed by atoms with E-state index in [2.05, 4.69) is 10.2 Å². The molecule has 0 aromatic carbocycles. The molecule has 0 saturated heterocycles. The first-order valence-electron chi connectivity index (χ1n) is 3.66. The predicted molar refractivity (Wildman–Crippen MR) is 44.8 cm³/mol. The van der Waals surface area contributed by atoms with Gasteiger partial charge in [-0.1, -0.05) is 11.6 Å². The fourth-order valence-corrected chi connectivity index (χ4v) is 1.36. The first kappa shape index (κ1) is 7.76. The molecular weight excluding hydrogens is 178 g/mol. The number of hydrogen-bond acceptors (Lipinski definition) is 4. The molecule has 0 aliphatic carbocycles. The van der Waals surface area contributed by atoms with Crippen molar-refractivity contribution in [2.45, 2.75) is 13.0 Å². The molecule has 0 saturated carbocycles. The minimum atomic E-state index is 0.263. The normalized spacial score (nSPS) is 15.8. The van der Waals surface area contributed by atoms with Crippen LogP contribution < -0.4 is 5.73 Å². The van der Waals surface area contributed by atoms with Gasteiger partial charge in [-0.05, 0) is 0 Å². The number of anilines is 1. The summed E-state index contributed by atoms with van der Waals surface area (Å²) in [5, 5.41) is 7.93. The van der Waals surface area contributed by atoms with Crippen LogP contribution in [-0.4, -0.2) is 16.8 Å². The number of nitrogen functional groups attached to an aromatic ring is 1. The quantitative estimate of drug-likeness (QED) is 0.649. The van der Waals surface area contributed by atoms with E-state index in [-0.39, 0.29) is 5.15 Å². The number of aromatic nitrogens is 2. The van der Waals surface area contributed by atoms with Crippen LogP contribution in [0.4, 0.5) is 5.69 Å². The molecule has 5 heteroatoms. The number of ether oxygens (including phenoxy) is 1. The maximum Gasteiger partial charge on any atom is 0.174 e. The fourth-order valence-electron chi connectivity index (χ4n) is 1.20. The number of nitrogens with two attached hydrogens (primary N) is 1. The second kappa shape index (κ2) is 2.88. The summed E-state index contributed by atoms with van der Waals surface area (Å²) in [5.74, 6) is 0. The van der Waals surface area contributed by atoms with E-state index in [9.17, 15) is 0 Å². The van der Waals surface area contributed by atoms with Gasteiger partial charge in [-0.15, -0.1) is 5.10 Å². The Morgan fingerprint density at radius 1 is 1.42 bits per heavy atom. The molecule has 2 N–H and O–H groups in total. The largest absolute Gasteiger partial charge is 0.396 e. The lowest BCUT2D eigenvalue weighted by Gasteiger charge is -2.16. The summed E-state index contributed by atoms with van der Waals surface area (Å²) in [4.78, 5) is 0. The third-order valence-electron chi connectivity index (χ3n) is 1.88. The molecule has 2 heterocycles. The van der Waals surface area contributed by atoms with Gasteiger partial charge in [-0.3, -0.25) is 0 Å². The first-order chi connectivity index (χ1) is 5.79. The Morgan fingerprint density at radius 2 is 2.25 bits per heavy atom. The summed E-state index contributed by atoms with van der Waals surface area (Å²) in [7, 11) is 0. The first-order valence-corrected chi connectivity index (χ1v) is 4.04. The van der Waals surface area contributed by atoms with Gasteiger partial charge < -0.3 is 10.5 Å². The molecule has 12 heavy (non-hydrogen) atoms. The summed E-state index contributed by atoms with van der Waals surface area (Å²) in [6.45, 7) is 1.18. The third kappa shape index (κ3) is 1.13. The van der Waals surface area contributed by atoms with Gasteiger partial charge in [0.1, 0.15) is 0 Å². The minimum absolute atomic E-state index is 0.263. The molecule has 1 aliphatic rings. The smallest absolute Gasteiger partial charge is 0.174 e. The Hall–Kier alpha value is -0.870. The van der Waals surface area contributed by atoms with E-state index in [0.717, 1.165) is 17.7 Å². The molecule has 0 amide bonds. The summed E-state index contributed by atoms with van der Waals surface area (Å²) < 4.78 is 5.23. The topological polar surface area (TPSA) is 61.0 Å². The Balaban J connectivity index is 2.54. The highest BCUT2D eigenvalue weighted by molar-refractivity contribution is 6.31.